The third-order valence-electron chi connectivity index (χ3n) is 3.57. The monoisotopic (exact) mass is 296 g/mol. The number of aromatic nitrogens is 1. The van der Waals surface area contributed by atoms with Crippen LogP contribution in [-0.4, -0.2) is 48.5 Å². The lowest BCUT2D eigenvalue weighted by molar-refractivity contribution is 0.0943. The van der Waals surface area contributed by atoms with Gasteiger partial charge in [-0.3, -0.25) is 4.79 Å². The van der Waals surface area contributed by atoms with Gasteiger partial charge in [-0.1, -0.05) is 6.92 Å². The molecule has 1 heterocycles. The van der Waals surface area contributed by atoms with Crippen molar-refractivity contribution in [2.45, 2.75) is 33.2 Å². The summed E-state index contributed by atoms with van der Waals surface area (Å²) in [4.78, 5) is 18.1. The lowest BCUT2D eigenvalue weighted by Gasteiger charge is -2.23. The van der Waals surface area contributed by atoms with Crippen molar-refractivity contribution in [3.05, 3.63) is 23.6 Å². The van der Waals surface area contributed by atoms with Crippen LogP contribution in [0.25, 0.3) is 0 Å². The Morgan fingerprint density at radius 2 is 2.19 bits per heavy atom. The van der Waals surface area contributed by atoms with Crippen LogP contribution < -0.4 is 10.6 Å². The number of nitrogens with one attached hydrogen (secondary N) is 2. The third kappa shape index (κ3) is 4.97. The maximum Gasteiger partial charge on any atom is 0.254 e. The highest BCUT2D eigenvalue weighted by Gasteiger charge is 2.15. The molecule has 0 aliphatic carbocycles. The van der Waals surface area contributed by atoms with Crippen molar-refractivity contribution in [3.8, 4) is 0 Å². The molecule has 1 aromatic rings. The normalized spacial score (nSPS) is 12.3. The van der Waals surface area contributed by atoms with Gasteiger partial charge in [-0.15, -0.1) is 0 Å². The van der Waals surface area contributed by atoms with Crippen molar-refractivity contribution in [1.29, 1.82) is 0 Å². The van der Waals surface area contributed by atoms with E-state index in [0.717, 1.165) is 13.0 Å². The molecule has 5 nitrogen and oxygen atoms in total. The smallest absolute Gasteiger partial charge is 0.254 e. The summed E-state index contributed by atoms with van der Waals surface area (Å²) in [6, 6.07) is 1.85. The van der Waals surface area contributed by atoms with Gasteiger partial charge < -0.3 is 15.5 Å². The highest BCUT2D eigenvalue weighted by atomic mass is 19.1. The molecule has 0 fully saturated rings. The first-order valence-corrected chi connectivity index (χ1v) is 7.38. The van der Waals surface area contributed by atoms with Gasteiger partial charge in [-0.25, -0.2) is 9.37 Å². The van der Waals surface area contributed by atoms with Crippen molar-refractivity contribution in [2.24, 2.45) is 0 Å². The maximum atomic E-state index is 14.1. The summed E-state index contributed by atoms with van der Waals surface area (Å²) in [5, 5.41) is 5.54. The van der Waals surface area contributed by atoms with Crippen LogP contribution in [0, 0.1) is 5.82 Å². The van der Waals surface area contributed by atoms with E-state index in [9.17, 15) is 9.18 Å². The van der Waals surface area contributed by atoms with E-state index in [0.29, 0.717) is 19.1 Å². The summed E-state index contributed by atoms with van der Waals surface area (Å²) in [6.07, 6.45) is 2.48. The minimum Gasteiger partial charge on any atom is -0.368 e. The van der Waals surface area contributed by atoms with Crippen LogP contribution in [0.1, 0.15) is 37.6 Å². The molecule has 0 aromatic carbocycles. The number of carbonyl (C=O) groups excluding carboxylic acids is 1. The topological polar surface area (TPSA) is 57.3 Å². The standard InChI is InChI=1S/C15H25FN4O/c1-5-11(3)20(4)10-9-19-15(21)12-7-8-18-14(13(12)16)17-6-2/h7-8,11H,5-6,9-10H2,1-4H3,(H,17,18)(H,19,21). The lowest BCUT2D eigenvalue weighted by atomic mass is 10.2. The van der Waals surface area contributed by atoms with E-state index >= 15 is 0 Å². The van der Waals surface area contributed by atoms with Crippen molar-refractivity contribution in [1.82, 2.24) is 15.2 Å². The average molecular weight is 296 g/mol. The second-order valence-corrected chi connectivity index (χ2v) is 5.05. The number of rotatable bonds is 8. The minimum atomic E-state index is -0.605. The SMILES string of the molecule is CCNc1nccc(C(=O)NCCN(C)C(C)CC)c1F. The number of nitrogens with zero attached hydrogens (tertiary/aromatic N) is 2. The van der Waals surface area contributed by atoms with Crippen LogP contribution in [-0.2, 0) is 0 Å². The third-order valence-corrected chi connectivity index (χ3v) is 3.57. The van der Waals surface area contributed by atoms with E-state index in [2.05, 4.69) is 34.4 Å². The van der Waals surface area contributed by atoms with Crippen molar-refractivity contribution in [3.63, 3.8) is 0 Å². The zero-order chi connectivity index (χ0) is 15.8. The molecule has 21 heavy (non-hydrogen) atoms. The average Bonchev–Trinajstić information content (AvgIpc) is 2.48. The van der Waals surface area contributed by atoms with Gasteiger partial charge in [0.05, 0.1) is 5.56 Å². The van der Waals surface area contributed by atoms with E-state index in [1.54, 1.807) is 0 Å². The summed E-state index contributed by atoms with van der Waals surface area (Å²) >= 11 is 0. The molecule has 0 radical (unpaired) electrons. The predicted octanol–water partition coefficient (Wildman–Crippen LogP) is 2.11. The largest absolute Gasteiger partial charge is 0.368 e. The second kappa shape index (κ2) is 8.56. The molecule has 1 amide bonds. The fourth-order valence-corrected chi connectivity index (χ4v) is 1.88. The van der Waals surface area contributed by atoms with Crippen LogP contribution in [0.5, 0.6) is 0 Å². The number of hydrogen-bond donors (Lipinski definition) is 2. The Morgan fingerprint density at radius 1 is 1.48 bits per heavy atom. The van der Waals surface area contributed by atoms with Gasteiger partial charge in [0, 0.05) is 31.9 Å². The zero-order valence-electron chi connectivity index (χ0n) is 13.2. The molecule has 0 bridgehead atoms. The molecule has 118 valence electrons. The van der Waals surface area contributed by atoms with Gasteiger partial charge >= 0.3 is 0 Å². The molecular weight excluding hydrogens is 271 g/mol. The fraction of sp³-hybridized carbons (Fsp3) is 0.600. The van der Waals surface area contributed by atoms with Gasteiger partial charge in [0.15, 0.2) is 11.6 Å². The molecule has 0 aliphatic heterocycles. The van der Waals surface area contributed by atoms with Gasteiger partial charge in [0.25, 0.3) is 5.91 Å². The first kappa shape index (κ1) is 17.4. The van der Waals surface area contributed by atoms with E-state index in [4.69, 9.17) is 0 Å². The first-order chi connectivity index (χ1) is 10.0. The number of hydrogen-bond acceptors (Lipinski definition) is 4. The van der Waals surface area contributed by atoms with Crippen molar-refractivity contribution < 1.29 is 9.18 Å². The molecule has 0 saturated heterocycles. The highest BCUT2D eigenvalue weighted by molar-refractivity contribution is 5.95. The van der Waals surface area contributed by atoms with Gasteiger partial charge in [-0.2, -0.15) is 0 Å². The number of pyridine rings is 1. The number of likely N-dealkylation sites (N-methyl/N-ethyl adjacent to an activating group) is 1. The van der Waals surface area contributed by atoms with Gasteiger partial charge in [0.1, 0.15) is 0 Å². The van der Waals surface area contributed by atoms with Gasteiger partial charge in [0.2, 0.25) is 0 Å². The summed E-state index contributed by atoms with van der Waals surface area (Å²) in [7, 11) is 2.01. The molecule has 0 spiro atoms. The maximum absolute atomic E-state index is 14.1. The van der Waals surface area contributed by atoms with Gasteiger partial charge in [-0.05, 0) is 33.4 Å². The van der Waals surface area contributed by atoms with Crippen molar-refractivity contribution in [2.75, 3.05) is 32.0 Å². The minimum absolute atomic E-state index is 0.0205. The summed E-state index contributed by atoms with van der Waals surface area (Å²) in [6.45, 7) is 7.86. The molecule has 0 aliphatic rings. The number of amides is 1. The summed E-state index contributed by atoms with van der Waals surface area (Å²) < 4.78 is 14.1. The predicted molar refractivity (Wildman–Crippen MR) is 83.1 cm³/mol. The van der Waals surface area contributed by atoms with Crippen LogP contribution in [0.3, 0.4) is 0 Å². The molecule has 1 atom stereocenters. The number of carbonyl (C=O) groups is 1. The zero-order valence-corrected chi connectivity index (χ0v) is 13.2. The lowest BCUT2D eigenvalue weighted by Crippen LogP contribution is -2.37. The van der Waals surface area contributed by atoms with Crippen molar-refractivity contribution >= 4 is 11.7 Å². The summed E-state index contributed by atoms with van der Waals surface area (Å²) in [5.74, 6) is -0.902. The second-order valence-electron chi connectivity index (χ2n) is 5.05. The Kier molecular flexibility index (Phi) is 7.08. The Bertz CT molecular complexity index is 467. The number of anilines is 1. The molecular formula is C15H25FN4O. The Morgan fingerprint density at radius 3 is 2.81 bits per heavy atom. The van der Waals surface area contributed by atoms with Crippen LogP contribution >= 0.6 is 0 Å². The Balaban J connectivity index is 2.58. The number of halogens is 1. The van der Waals surface area contributed by atoms with Crippen LogP contribution in [0.2, 0.25) is 0 Å². The molecule has 6 heteroatoms. The molecule has 1 aromatic heterocycles. The summed E-state index contributed by atoms with van der Waals surface area (Å²) in [5.41, 5.74) is 0.0205. The quantitative estimate of drug-likeness (QED) is 0.771. The van der Waals surface area contributed by atoms with E-state index in [1.165, 1.54) is 12.3 Å². The van der Waals surface area contributed by atoms with E-state index < -0.39 is 11.7 Å². The molecule has 1 rings (SSSR count). The van der Waals surface area contributed by atoms with E-state index in [-0.39, 0.29) is 11.4 Å². The Hall–Kier alpha value is -1.69. The molecule has 2 N–H and O–H groups in total. The highest BCUT2D eigenvalue weighted by Crippen LogP contribution is 2.14. The first-order valence-electron chi connectivity index (χ1n) is 7.38. The van der Waals surface area contributed by atoms with Crippen LogP contribution in [0.4, 0.5) is 10.2 Å². The van der Waals surface area contributed by atoms with Crippen LogP contribution in [0.15, 0.2) is 12.3 Å². The Labute approximate surface area is 125 Å². The molecule has 0 saturated carbocycles. The fourth-order valence-electron chi connectivity index (χ4n) is 1.88. The van der Waals surface area contributed by atoms with E-state index in [1.807, 2.05) is 14.0 Å². The molecule has 1 unspecified atom stereocenters.